The van der Waals surface area contributed by atoms with Gasteiger partial charge in [0.1, 0.15) is 5.75 Å². The number of hydrogen-bond donors (Lipinski definition) is 2. The monoisotopic (exact) mass is 346 g/mol. The summed E-state index contributed by atoms with van der Waals surface area (Å²) in [5, 5.41) is 0. The summed E-state index contributed by atoms with van der Waals surface area (Å²) in [6.07, 6.45) is 2.77. The third-order valence-corrected chi connectivity index (χ3v) is 4.59. The molecule has 0 radical (unpaired) electrons. The zero-order valence-corrected chi connectivity index (χ0v) is 13.6. The summed E-state index contributed by atoms with van der Waals surface area (Å²) in [5.41, 5.74) is 6.36. The fourth-order valence-electron chi connectivity index (χ4n) is 2.29. The van der Waals surface area contributed by atoms with E-state index in [0.717, 1.165) is 21.3 Å². The quantitative estimate of drug-likeness (QED) is 0.638. The topological polar surface area (TPSA) is 47.3 Å². The predicted octanol–water partition coefficient (Wildman–Crippen LogP) is 3.85. The normalized spacial score (nSPS) is 15.8. The first-order chi connectivity index (χ1) is 10.2. The van der Waals surface area contributed by atoms with E-state index in [-0.39, 0.29) is 6.04 Å². The average Bonchev–Trinajstić information content (AvgIpc) is 3.29. The molecule has 2 aromatic carbocycles. The standard InChI is InChI=1S/C17H19BrN2O/c1-11-2-3-13(10-16(11)18)17(20-19)12-4-6-14(7-5-12)21-15-8-9-15/h2-7,10,15,17,20H,8-9,19H2,1H3. The maximum atomic E-state index is 5.78. The number of benzene rings is 2. The van der Waals surface area contributed by atoms with Crippen molar-refractivity contribution < 1.29 is 4.74 Å². The molecule has 3 N–H and O–H groups in total. The van der Waals surface area contributed by atoms with E-state index in [9.17, 15) is 0 Å². The Morgan fingerprint density at radius 1 is 1.14 bits per heavy atom. The van der Waals surface area contributed by atoms with Crippen LogP contribution < -0.4 is 16.0 Å². The highest BCUT2D eigenvalue weighted by Gasteiger charge is 2.23. The first-order valence-electron chi connectivity index (χ1n) is 7.16. The second kappa shape index (κ2) is 6.18. The van der Waals surface area contributed by atoms with Crippen molar-refractivity contribution in [3.8, 4) is 5.75 Å². The number of nitrogens with two attached hydrogens (primary N) is 1. The molecule has 0 saturated heterocycles. The van der Waals surface area contributed by atoms with Crippen LogP contribution >= 0.6 is 15.9 Å². The molecule has 3 nitrogen and oxygen atoms in total. The zero-order valence-electron chi connectivity index (χ0n) is 12.0. The summed E-state index contributed by atoms with van der Waals surface area (Å²) < 4.78 is 6.87. The van der Waals surface area contributed by atoms with E-state index >= 15 is 0 Å². The first-order valence-corrected chi connectivity index (χ1v) is 7.95. The first kappa shape index (κ1) is 14.6. The lowest BCUT2D eigenvalue weighted by molar-refractivity contribution is 0.303. The van der Waals surface area contributed by atoms with Gasteiger partial charge in [-0.3, -0.25) is 5.84 Å². The molecule has 0 spiro atoms. The molecule has 0 aromatic heterocycles. The van der Waals surface area contributed by atoms with Gasteiger partial charge in [0.05, 0.1) is 12.1 Å². The van der Waals surface area contributed by atoms with Crippen molar-refractivity contribution in [1.82, 2.24) is 5.43 Å². The van der Waals surface area contributed by atoms with E-state index in [4.69, 9.17) is 10.6 Å². The summed E-state index contributed by atoms with van der Waals surface area (Å²) in [4.78, 5) is 0. The van der Waals surface area contributed by atoms with E-state index in [1.807, 2.05) is 12.1 Å². The van der Waals surface area contributed by atoms with Gasteiger partial charge in [0.25, 0.3) is 0 Å². The molecule has 3 rings (SSSR count). The molecule has 1 fully saturated rings. The van der Waals surface area contributed by atoms with Gasteiger partial charge in [-0.2, -0.15) is 0 Å². The van der Waals surface area contributed by atoms with Crippen molar-refractivity contribution in [3.05, 3.63) is 63.6 Å². The molecule has 0 amide bonds. The molecule has 0 heterocycles. The van der Waals surface area contributed by atoms with E-state index in [2.05, 4.69) is 58.6 Å². The lowest BCUT2D eigenvalue weighted by Crippen LogP contribution is -2.28. The van der Waals surface area contributed by atoms with Gasteiger partial charge in [-0.05, 0) is 54.7 Å². The minimum atomic E-state index is -0.0307. The Morgan fingerprint density at radius 3 is 2.38 bits per heavy atom. The number of ether oxygens (including phenoxy) is 1. The second-order valence-corrected chi connectivity index (χ2v) is 6.35. The van der Waals surface area contributed by atoms with Crippen LogP contribution in [-0.4, -0.2) is 6.10 Å². The number of hydrazine groups is 1. The average molecular weight is 347 g/mol. The van der Waals surface area contributed by atoms with Gasteiger partial charge in [0, 0.05) is 4.47 Å². The van der Waals surface area contributed by atoms with Crippen LogP contribution in [0.5, 0.6) is 5.75 Å². The highest BCUT2D eigenvalue weighted by atomic mass is 79.9. The molecule has 0 aliphatic heterocycles. The van der Waals surface area contributed by atoms with Crippen LogP contribution in [0.25, 0.3) is 0 Å². The van der Waals surface area contributed by atoms with Crippen LogP contribution in [0.2, 0.25) is 0 Å². The molecule has 1 saturated carbocycles. The molecule has 1 atom stereocenters. The minimum absolute atomic E-state index is 0.0307. The molecule has 0 bridgehead atoms. The third kappa shape index (κ3) is 3.46. The molecule has 2 aromatic rings. The van der Waals surface area contributed by atoms with Crippen molar-refractivity contribution in [2.24, 2.45) is 5.84 Å². The van der Waals surface area contributed by atoms with Gasteiger partial charge in [-0.1, -0.05) is 40.2 Å². The van der Waals surface area contributed by atoms with Crippen molar-refractivity contribution in [2.75, 3.05) is 0 Å². The SMILES string of the molecule is Cc1ccc(C(NN)c2ccc(OC3CC3)cc2)cc1Br. The van der Waals surface area contributed by atoms with Gasteiger partial charge in [-0.25, -0.2) is 5.43 Å². The van der Waals surface area contributed by atoms with Crippen LogP contribution in [-0.2, 0) is 0 Å². The summed E-state index contributed by atoms with van der Waals surface area (Å²) in [5.74, 6) is 6.69. The molecule has 1 aliphatic carbocycles. The molecule has 4 heteroatoms. The van der Waals surface area contributed by atoms with Crippen LogP contribution in [0.4, 0.5) is 0 Å². The summed E-state index contributed by atoms with van der Waals surface area (Å²) in [6.45, 7) is 2.07. The van der Waals surface area contributed by atoms with E-state index in [0.29, 0.717) is 6.10 Å². The second-order valence-electron chi connectivity index (χ2n) is 5.49. The van der Waals surface area contributed by atoms with Crippen molar-refractivity contribution in [1.29, 1.82) is 0 Å². The summed E-state index contributed by atoms with van der Waals surface area (Å²) in [6, 6.07) is 14.4. The van der Waals surface area contributed by atoms with Gasteiger partial charge in [-0.15, -0.1) is 0 Å². The number of halogens is 1. The third-order valence-electron chi connectivity index (χ3n) is 3.74. The Morgan fingerprint density at radius 2 is 1.81 bits per heavy atom. The van der Waals surface area contributed by atoms with Crippen LogP contribution in [0.3, 0.4) is 0 Å². The molecule has 1 aliphatic rings. The highest BCUT2D eigenvalue weighted by Crippen LogP contribution is 2.30. The van der Waals surface area contributed by atoms with Gasteiger partial charge >= 0.3 is 0 Å². The summed E-state index contributed by atoms with van der Waals surface area (Å²) in [7, 11) is 0. The highest BCUT2D eigenvalue weighted by molar-refractivity contribution is 9.10. The zero-order chi connectivity index (χ0) is 14.8. The largest absolute Gasteiger partial charge is 0.490 e. The lowest BCUT2D eigenvalue weighted by Gasteiger charge is -2.18. The van der Waals surface area contributed by atoms with Crippen molar-refractivity contribution >= 4 is 15.9 Å². The maximum Gasteiger partial charge on any atom is 0.119 e. The Labute approximate surface area is 133 Å². The molecular formula is C17H19BrN2O. The fraction of sp³-hybridized carbons (Fsp3) is 0.294. The number of nitrogens with one attached hydrogen (secondary N) is 1. The van der Waals surface area contributed by atoms with Crippen LogP contribution in [0.1, 0.15) is 35.6 Å². The van der Waals surface area contributed by atoms with Gasteiger partial charge in [0.2, 0.25) is 0 Å². The van der Waals surface area contributed by atoms with E-state index < -0.39 is 0 Å². The van der Waals surface area contributed by atoms with Gasteiger partial charge in [0.15, 0.2) is 0 Å². The van der Waals surface area contributed by atoms with Gasteiger partial charge < -0.3 is 4.74 Å². The fourth-order valence-corrected chi connectivity index (χ4v) is 2.69. The van der Waals surface area contributed by atoms with E-state index in [1.54, 1.807) is 0 Å². The maximum absolute atomic E-state index is 5.78. The van der Waals surface area contributed by atoms with Crippen molar-refractivity contribution in [2.45, 2.75) is 31.9 Å². The lowest BCUT2D eigenvalue weighted by atomic mass is 9.98. The predicted molar refractivity (Wildman–Crippen MR) is 88.1 cm³/mol. The summed E-state index contributed by atoms with van der Waals surface area (Å²) >= 11 is 3.57. The number of aryl methyl sites for hydroxylation is 1. The van der Waals surface area contributed by atoms with Crippen LogP contribution in [0.15, 0.2) is 46.9 Å². The number of rotatable bonds is 5. The van der Waals surface area contributed by atoms with Crippen molar-refractivity contribution in [3.63, 3.8) is 0 Å². The van der Waals surface area contributed by atoms with Crippen LogP contribution in [0, 0.1) is 6.92 Å². The smallest absolute Gasteiger partial charge is 0.119 e. The van der Waals surface area contributed by atoms with E-state index in [1.165, 1.54) is 18.4 Å². The Bertz CT molecular complexity index is 623. The molecule has 110 valence electrons. The Kier molecular flexibility index (Phi) is 4.29. The number of hydrogen-bond acceptors (Lipinski definition) is 3. The molecular weight excluding hydrogens is 328 g/mol. The molecule has 1 unspecified atom stereocenters. The minimum Gasteiger partial charge on any atom is -0.490 e. The Balaban J connectivity index is 1.82. The Hall–Kier alpha value is -1.36. The molecule has 21 heavy (non-hydrogen) atoms.